The van der Waals surface area contributed by atoms with Crippen molar-refractivity contribution in [3.05, 3.63) is 70.3 Å². The molecule has 1 amide bonds. The van der Waals surface area contributed by atoms with Gasteiger partial charge in [-0.05, 0) is 33.8 Å². The summed E-state index contributed by atoms with van der Waals surface area (Å²) in [6.07, 6.45) is -2.32. The molecule has 182 valence electrons. The summed E-state index contributed by atoms with van der Waals surface area (Å²) in [7, 11) is -5.12. The van der Waals surface area contributed by atoms with Crippen LogP contribution in [0, 0.1) is 17.5 Å². The van der Waals surface area contributed by atoms with Crippen LogP contribution in [0.5, 0.6) is 5.75 Å². The quantitative estimate of drug-likeness (QED) is 0.411. The van der Waals surface area contributed by atoms with E-state index in [0.29, 0.717) is 12.1 Å². The summed E-state index contributed by atoms with van der Waals surface area (Å²) < 4.78 is 81.0. The van der Waals surface area contributed by atoms with Crippen molar-refractivity contribution in [2.24, 2.45) is 0 Å². The number of anilines is 1. The van der Waals surface area contributed by atoms with Crippen LogP contribution in [0.25, 0.3) is 0 Å². The average Bonchev–Trinajstić information content (AvgIpc) is 3.19. The molecular weight excluding hydrogens is 493 g/mol. The van der Waals surface area contributed by atoms with Gasteiger partial charge < -0.3 is 9.47 Å². The molecule has 1 atom stereocenters. The van der Waals surface area contributed by atoms with Crippen molar-refractivity contribution in [1.82, 2.24) is 4.98 Å². The number of sulfonamides is 1. The molecule has 0 saturated heterocycles. The second-order valence-corrected chi connectivity index (χ2v) is 10.5. The highest BCUT2D eigenvalue weighted by molar-refractivity contribution is 7.93. The number of nitrogens with zero attached hydrogens (tertiary/aromatic N) is 2. The first kappa shape index (κ1) is 25.5. The van der Waals surface area contributed by atoms with Crippen LogP contribution in [-0.2, 0) is 14.8 Å². The molecule has 0 radical (unpaired) electrons. The van der Waals surface area contributed by atoms with Crippen LogP contribution in [0.15, 0.2) is 52.2 Å². The number of rotatable bonds is 6. The van der Waals surface area contributed by atoms with E-state index < -0.39 is 50.2 Å². The molecule has 0 aliphatic carbocycles. The molecule has 0 spiro atoms. The van der Waals surface area contributed by atoms with Crippen LogP contribution in [0.3, 0.4) is 0 Å². The average molecular weight is 515 g/mol. The highest BCUT2D eigenvalue weighted by atomic mass is 32.2. The second kappa shape index (κ2) is 9.63. The molecule has 2 aromatic carbocycles. The minimum atomic E-state index is -5.12. The fourth-order valence-corrected chi connectivity index (χ4v) is 4.90. The number of ether oxygens (including phenoxy) is 2. The van der Waals surface area contributed by atoms with Crippen molar-refractivity contribution in [1.29, 1.82) is 0 Å². The minimum Gasteiger partial charge on any atom is -0.486 e. The Morgan fingerprint density at radius 2 is 1.71 bits per heavy atom. The smallest absolute Gasteiger partial charge is 0.430 e. The number of benzene rings is 2. The van der Waals surface area contributed by atoms with Crippen molar-refractivity contribution in [2.75, 3.05) is 4.31 Å². The molecule has 1 aromatic heterocycles. The number of hydrogen-bond acceptors (Lipinski definition) is 7. The van der Waals surface area contributed by atoms with Gasteiger partial charge in [0, 0.05) is 23.1 Å². The zero-order chi connectivity index (χ0) is 25.3. The normalized spacial score (nSPS) is 12.8. The predicted octanol–water partition coefficient (Wildman–Crippen LogP) is 5.83. The highest BCUT2D eigenvalue weighted by Gasteiger charge is 2.39. The largest absolute Gasteiger partial charge is 0.486 e. The van der Waals surface area contributed by atoms with Gasteiger partial charge in [0.1, 0.15) is 34.9 Å². The number of carbonyl (C=O) groups is 1. The molecule has 12 heteroatoms. The van der Waals surface area contributed by atoms with Gasteiger partial charge in [-0.25, -0.2) is 31.4 Å². The molecule has 0 fully saturated rings. The molecule has 0 saturated carbocycles. The molecule has 0 N–H and O–H groups in total. The van der Waals surface area contributed by atoms with E-state index in [-0.39, 0.29) is 21.4 Å². The molecule has 34 heavy (non-hydrogen) atoms. The standard InChI is InChI=1S/C22H21F3N2O5S2/c1-13(15-7-5-6-8-16(15)23)31-14-9-17(24)20(18(25)10-14)34(29,30)27(19-11-33-12-26-19)21(28)32-22(2,3)4/h5-13H,1-4H3/t13-/m0/s1. The van der Waals surface area contributed by atoms with Crippen LogP contribution in [0.1, 0.15) is 39.4 Å². The maximum atomic E-state index is 15.0. The fraction of sp³-hybridized carbons (Fsp3) is 0.273. The zero-order valence-electron chi connectivity index (χ0n) is 18.6. The topological polar surface area (TPSA) is 85.8 Å². The van der Waals surface area contributed by atoms with E-state index in [1.165, 1.54) is 56.8 Å². The van der Waals surface area contributed by atoms with E-state index in [4.69, 9.17) is 9.47 Å². The lowest BCUT2D eigenvalue weighted by molar-refractivity contribution is 0.0608. The van der Waals surface area contributed by atoms with E-state index in [1.807, 2.05) is 0 Å². The van der Waals surface area contributed by atoms with E-state index in [9.17, 15) is 26.4 Å². The van der Waals surface area contributed by atoms with Gasteiger partial charge in [0.15, 0.2) is 10.7 Å². The van der Waals surface area contributed by atoms with E-state index in [2.05, 4.69) is 4.98 Å². The van der Waals surface area contributed by atoms with Crippen LogP contribution < -0.4 is 9.04 Å². The van der Waals surface area contributed by atoms with Gasteiger partial charge in [-0.2, -0.15) is 0 Å². The third-order valence-electron chi connectivity index (χ3n) is 4.31. The summed E-state index contributed by atoms with van der Waals surface area (Å²) in [6.45, 7) is 5.97. The number of aromatic nitrogens is 1. The first-order valence-electron chi connectivity index (χ1n) is 9.88. The summed E-state index contributed by atoms with van der Waals surface area (Å²) in [6, 6.07) is 6.97. The number of amides is 1. The van der Waals surface area contributed by atoms with Crippen LogP contribution in [0.4, 0.5) is 23.8 Å². The predicted molar refractivity (Wildman–Crippen MR) is 120 cm³/mol. The third kappa shape index (κ3) is 5.50. The molecule has 0 unspecified atom stereocenters. The van der Waals surface area contributed by atoms with Crippen molar-refractivity contribution in [2.45, 2.75) is 44.3 Å². The van der Waals surface area contributed by atoms with Gasteiger partial charge in [0.05, 0.1) is 5.51 Å². The summed E-state index contributed by atoms with van der Waals surface area (Å²) >= 11 is 0.968. The first-order chi connectivity index (χ1) is 15.8. The highest BCUT2D eigenvalue weighted by Crippen LogP contribution is 2.33. The van der Waals surface area contributed by atoms with Crippen molar-refractivity contribution < 1.29 is 35.9 Å². The maximum absolute atomic E-state index is 15.0. The number of carbonyl (C=O) groups excluding carboxylic acids is 1. The third-order valence-corrected chi connectivity index (χ3v) is 6.61. The van der Waals surface area contributed by atoms with Crippen molar-refractivity contribution in [3.8, 4) is 5.75 Å². The van der Waals surface area contributed by atoms with Gasteiger partial charge >= 0.3 is 6.09 Å². The van der Waals surface area contributed by atoms with Gasteiger partial charge in [-0.3, -0.25) is 0 Å². The molecule has 1 heterocycles. The molecule has 3 rings (SSSR count). The molecule has 3 aromatic rings. The first-order valence-corrected chi connectivity index (χ1v) is 12.3. The lowest BCUT2D eigenvalue weighted by atomic mass is 10.1. The van der Waals surface area contributed by atoms with Crippen molar-refractivity contribution >= 4 is 33.3 Å². The second-order valence-electron chi connectivity index (χ2n) is 8.09. The Kier molecular flexibility index (Phi) is 7.22. The summed E-state index contributed by atoms with van der Waals surface area (Å²) in [5.41, 5.74) is 0.286. The van der Waals surface area contributed by atoms with Crippen molar-refractivity contribution in [3.63, 3.8) is 0 Å². The Hall–Kier alpha value is -3.12. The van der Waals surface area contributed by atoms with Crippen LogP contribution in [0.2, 0.25) is 0 Å². The Morgan fingerprint density at radius 1 is 1.09 bits per heavy atom. The van der Waals surface area contributed by atoms with E-state index in [0.717, 1.165) is 11.3 Å². The number of hydrogen-bond donors (Lipinski definition) is 0. The molecule has 0 bridgehead atoms. The molecule has 0 aliphatic heterocycles. The Bertz CT molecular complexity index is 1270. The lowest BCUT2D eigenvalue weighted by Crippen LogP contribution is -2.41. The monoisotopic (exact) mass is 514 g/mol. The molecular formula is C22H21F3N2O5S2. The van der Waals surface area contributed by atoms with Gasteiger partial charge in [0.25, 0.3) is 10.0 Å². The maximum Gasteiger partial charge on any atom is 0.430 e. The van der Waals surface area contributed by atoms with E-state index >= 15 is 0 Å². The molecule has 0 aliphatic rings. The number of thiazole rings is 1. The summed E-state index contributed by atoms with van der Waals surface area (Å²) in [4.78, 5) is 15.1. The number of halogens is 3. The summed E-state index contributed by atoms with van der Waals surface area (Å²) in [5, 5.41) is 1.21. The van der Waals surface area contributed by atoms with Gasteiger partial charge in [-0.15, -0.1) is 15.6 Å². The summed E-state index contributed by atoms with van der Waals surface area (Å²) in [5.74, 6) is -4.36. The van der Waals surface area contributed by atoms with Gasteiger partial charge in [-0.1, -0.05) is 18.2 Å². The molecule has 7 nitrogen and oxygen atoms in total. The van der Waals surface area contributed by atoms with Gasteiger partial charge in [0.2, 0.25) is 0 Å². The Balaban J connectivity index is 2.00. The Labute approximate surface area is 198 Å². The zero-order valence-corrected chi connectivity index (χ0v) is 20.2. The minimum absolute atomic E-state index is 0.0960. The Morgan fingerprint density at radius 3 is 2.24 bits per heavy atom. The SMILES string of the molecule is C[C@H](Oc1cc(F)c(S(=O)(=O)N(C(=O)OC(C)(C)C)c2cscn2)c(F)c1)c1ccccc1F. The van der Waals surface area contributed by atoms with Crippen LogP contribution >= 0.6 is 11.3 Å². The fourth-order valence-electron chi connectivity index (χ4n) is 2.94. The van der Waals surface area contributed by atoms with E-state index in [1.54, 1.807) is 6.07 Å². The van der Waals surface area contributed by atoms with Crippen LogP contribution in [-0.4, -0.2) is 25.1 Å². The lowest BCUT2D eigenvalue weighted by Gasteiger charge is -2.26.